The summed E-state index contributed by atoms with van der Waals surface area (Å²) in [6, 6.07) is 15.7. The van der Waals surface area contributed by atoms with Gasteiger partial charge in [-0.25, -0.2) is 4.79 Å². The molecule has 0 amide bonds. The Kier molecular flexibility index (Phi) is 13.6. The number of aromatic carboxylic acids is 1. The molecule has 0 bridgehead atoms. The predicted octanol–water partition coefficient (Wildman–Crippen LogP) is 3.87. The van der Waals surface area contributed by atoms with Gasteiger partial charge in [0.25, 0.3) is 10.1 Å². The first-order chi connectivity index (χ1) is 14.0. The second-order valence-corrected chi connectivity index (χ2v) is 8.17. The van der Waals surface area contributed by atoms with Crippen molar-refractivity contribution in [3.63, 3.8) is 0 Å². The van der Waals surface area contributed by atoms with Gasteiger partial charge in [-0.1, -0.05) is 56.2 Å². The minimum absolute atomic E-state index is 0.0509. The molecule has 2 aromatic carbocycles. The average molecular weight is 441 g/mol. The first-order valence-corrected chi connectivity index (χ1v) is 11.1. The Morgan fingerprint density at radius 1 is 0.900 bits per heavy atom. The van der Waals surface area contributed by atoms with E-state index in [0.717, 1.165) is 19.3 Å². The highest BCUT2D eigenvalue weighted by Gasteiger charge is 2.19. The van der Waals surface area contributed by atoms with E-state index in [2.05, 4.69) is 6.92 Å². The molecular formula is C22H32O7S. The van der Waals surface area contributed by atoms with Gasteiger partial charge in [0.1, 0.15) is 0 Å². The Morgan fingerprint density at radius 2 is 1.33 bits per heavy atom. The molecule has 0 aliphatic carbocycles. The third kappa shape index (κ3) is 12.3. The monoisotopic (exact) mass is 440 g/mol. The maximum Gasteiger partial charge on any atom is 0.335 e. The molecule has 7 nitrogen and oxygen atoms in total. The van der Waals surface area contributed by atoms with Gasteiger partial charge in [-0.3, -0.25) is 4.55 Å². The summed E-state index contributed by atoms with van der Waals surface area (Å²) in [6.07, 6.45) is 2.35. The van der Waals surface area contributed by atoms with Gasteiger partial charge in [0, 0.05) is 5.92 Å². The molecule has 8 heteroatoms. The second kappa shape index (κ2) is 14.7. The van der Waals surface area contributed by atoms with Crippen LogP contribution in [0.5, 0.6) is 0 Å². The molecule has 0 heterocycles. The van der Waals surface area contributed by atoms with Crippen molar-refractivity contribution in [3.8, 4) is 0 Å². The summed E-state index contributed by atoms with van der Waals surface area (Å²) in [5.74, 6) is -0.828. The van der Waals surface area contributed by atoms with E-state index >= 15 is 0 Å². The van der Waals surface area contributed by atoms with Gasteiger partial charge in [0.2, 0.25) is 0 Å². The lowest BCUT2D eigenvalue weighted by atomic mass is 9.92. The van der Waals surface area contributed by atoms with Gasteiger partial charge >= 0.3 is 5.97 Å². The van der Waals surface area contributed by atoms with Crippen molar-refractivity contribution >= 4 is 16.1 Å². The third-order valence-corrected chi connectivity index (χ3v) is 5.06. The fourth-order valence-corrected chi connectivity index (χ4v) is 3.00. The predicted molar refractivity (Wildman–Crippen MR) is 116 cm³/mol. The summed E-state index contributed by atoms with van der Waals surface area (Å²) >= 11 is 0. The molecule has 2 unspecified atom stereocenters. The smallest absolute Gasteiger partial charge is 0.335 e. The summed E-state index contributed by atoms with van der Waals surface area (Å²) < 4.78 is 29.2. The number of carboxylic acid groups (broad SMARTS) is 1. The van der Waals surface area contributed by atoms with Gasteiger partial charge in [0.05, 0.1) is 22.7 Å². The van der Waals surface area contributed by atoms with Crippen molar-refractivity contribution in [2.45, 2.75) is 57.1 Å². The Hall–Kier alpha value is -2.26. The van der Waals surface area contributed by atoms with Gasteiger partial charge in [-0.15, -0.1) is 0 Å². The normalized spacial score (nSPS) is 13.5. The standard InChI is InChI=1S/C9H20O2.C7H6O2.C6H6O3S/c1-4-5-6-9(7(2)10)8(3)11;8-7(9)6-4-2-1-3-5-6;7-10(8,9)6-4-2-1-3-5-6/h7-11H,4-6H2,1-3H3;1-5H,(H,8,9);1-5H,(H,7,8,9). The minimum Gasteiger partial charge on any atom is -0.478 e. The van der Waals surface area contributed by atoms with Crippen molar-refractivity contribution < 1.29 is 33.1 Å². The van der Waals surface area contributed by atoms with Gasteiger partial charge in [0.15, 0.2) is 0 Å². The molecule has 2 atom stereocenters. The fraction of sp³-hybridized carbons (Fsp3) is 0.409. The summed E-state index contributed by atoms with van der Waals surface area (Å²) in [4.78, 5) is 10.1. The van der Waals surface area contributed by atoms with Crippen LogP contribution < -0.4 is 0 Å². The molecule has 4 N–H and O–H groups in total. The highest BCUT2D eigenvalue weighted by atomic mass is 32.2. The molecule has 168 valence electrons. The fourth-order valence-electron chi connectivity index (χ4n) is 2.50. The molecule has 0 aliphatic heterocycles. The van der Waals surface area contributed by atoms with Gasteiger partial charge in [-0.05, 0) is 44.5 Å². The second-order valence-electron chi connectivity index (χ2n) is 6.75. The molecule has 0 aromatic heterocycles. The number of benzene rings is 2. The van der Waals surface area contributed by atoms with E-state index in [1.807, 2.05) is 0 Å². The SMILES string of the molecule is CCCCC(C(C)O)C(C)O.O=C(O)c1ccccc1.O=S(=O)(O)c1ccccc1. The van der Waals surface area contributed by atoms with Crippen LogP contribution in [0.4, 0.5) is 0 Å². The van der Waals surface area contributed by atoms with E-state index in [1.165, 1.54) is 12.1 Å². The van der Waals surface area contributed by atoms with Crippen LogP contribution in [0, 0.1) is 5.92 Å². The Balaban J connectivity index is 0.000000422. The van der Waals surface area contributed by atoms with Gasteiger partial charge in [-0.2, -0.15) is 8.42 Å². The van der Waals surface area contributed by atoms with Crippen LogP contribution in [0.15, 0.2) is 65.6 Å². The lowest BCUT2D eigenvalue weighted by Gasteiger charge is -2.22. The maximum absolute atomic E-state index is 10.4. The molecule has 2 aromatic rings. The number of hydrogen-bond donors (Lipinski definition) is 4. The third-order valence-electron chi connectivity index (χ3n) is 4.19. The van der Waals surface area contributed by atoms with Crippen LogP contribution >= 0.6 is 0 Å². The number of aliphatic hydroxyl groups excluding tert-OH is 2. The largest absolute Gasteiger partial charge is 0.478 e. The number of rotatable bonds is 7. The van der Waals surface area contributed by atoms with Crippen molar-refractivity contribution in [3.05, 3.63) is 66.2 Å². The number of aliphatic hydroxyl groups is 2. The quantitative estimate of drug-likeness (QED) is 0.480. The van der Waals surface area contributed by atoms with Crippen LogP contribution in [0.3, 0.4) is 0 Å². The van der Waals surface area contributed by atoms with Crippen molar-refractivity contribution in [2.24, 2.45) is 5.92 Å². The number of unbranched alkanes of at least 4 members (excludes halogenated alkanes) is 1. The molecule has 2 rings (SSSR count). The Bertz CT molecular complexity index is 796. The van der Waals surface area contributed by atoms with Crippen LogP contribution in [-0.4, -0.2) is 46.5 Å². The number of carboxylic acids is 1. The van der Waals surface area contributed by atoms with Crippen molar-refractivity contribution in [1.82, 2.24) is 0 Å². The molecule has 0 saturated heterocycles. The van der Waals surface area contributed by atoms with Crippen molar-refractivity contribution in [1.29, 1.82) is 0 Å². The zero-order valence-electron chi connectivity index (χ0n) is 17.5. The molecule has 0 saturated carbocycles. The van der Waals surface area contributed by atoms with Crippen LogP contribution in [0.1, 0.15) is 50.4 Å². The first-order valence-electron chi connectivity index (χ1n) is 9.67. The molecular weight excluding hydrogens is 408 g/mol. The highest BCUT2D eigenvalue weighted by molar-refractivity contribution is 7.85. The van der Waals surface area contributed by atoms with E-state index in [0.29, 0.717) is 5.56 Å². The summed E-state index contributed by atoms with van der Waals surface area (Å²) in [5, 5.41) is 26.9. The zero-order chi connectivity index (χ0) is 23.2. The number of carbonyl (C=O) groups is 1. The van der Waals surface area contributed by atoms with E-state index in [9.17, 15) is 23.4 Å². The van der Waals surface area contributed by atoms with Crippen molar-refractivity contribution in [2.75, 3.05) is 0 Å². The first kappa shape index (κ1) is 27.7. The topological polar surface area (TPSA) is 132 Å². The lowest BCUT2D eigenvalue weighted by Crippen LogP contribution is -2.27. The Morgan fingerprint density at radius 3 is 1.60 bits per heavy atom. The maximum atomic E-state index is 10.4. The molecule has 0 spiro atoms. The molecule has 0 fully saturated rings. The highest BCUT2D eigenvalue weighted by Crippen LogP contribution is 2.16. The summed E-state index contributed by atoms with van der Waals surface area (Å²) in [5.41, 5.74) is 0.331. The summed E-state index contributed by atoms with van der Waals surface area (Å²) in [6.45, 7) is 5.60. The average Bonchev–Trinajstić information content (AvgIpc) is 2.69. The lowest BCUT2D eigenvalue weighted by molar-refractivity contribution is 0.0261. The zero-order valence-corrected chi connectivity index (χ0v) is 18.4. The molecule has 0 radical (unpaired) electrons. The Labute approximate surface area is 178 Å². The van der Waals surface area contributed by atoms with E-state index < -0.39 is 16.1 Å². The van der Waals surface area contributed by atoms with E-state index in [4.69, 9.17) is 9.66 Å². The number of hydrogen-bond acceptors (Lipinski definition) is 5. The van der Waals surface area contributed by atoms with Crippen LogP contribution in [-0.2, 0) is 10.1 Å². The van der Waals surface area contributed by atoms with Crippen LogP contribution in [0.2, 0.25) is 0 Å². The van der Waals surface area contributed by atoms with Crippen LogP contribution in [0.25, 0.3) is 0 Å². The molecule has 30 heavy (non-hydrogen) atoms. The van der Waals surface area contributed by atoms with Gasteiger partial charge < -0.3 is 15.3 Å². The minimum atomic E-state index is -4.00. The van der Waals surface area contributed by atoms with E-state index in [-0.39, 0.29) is 23.0 Å². The summed E-state index contributed by atoms with van der Waals surface area (Å²) in [7, 11) is -4.00. The van der Waals surface area contributed by atoms with E-state index in [1.54, 1.807) is 62.4 Å². The molecule has 0 aliphatic rings.